The van der Waals surface area contributed by atoms with Gasteiger partial charge in [-0.3, -0.25) is 9.48 Å². The van der Waals surface area contributed by atoms with Crippen molar-refractivity contribution in [2.45, 2.75) is 32.7 Å². The minimum absolute atomic E-state index is 0.143. The molecule has 1 atom stereocenters. The van der Waals surface area contributed by atoms with Crippen molar-refractivity contribution < 1.29 is 14.3 Å². The Morgan fingerprint density at radius 1 is 1.46 bits per heavy atom. The van der Waals surface area contributed by atoms with Crippen LogP contribution in [0.2, 0.25) is 0 Å². The Labute approximate surface area is 144 Å². The van der Waals surface area contributed by atoms with Crippen LogP contribution in [0.1, 0.15) is 35.1 Å². The van der Waals surface area contributed by atoms with Crippen LogP contribution in [0.15, 0.2) is 12.4 Å². The van der Waals surface area contributed by atoms with E-state index in [-0.39, 0.29) is 11.9 Å². The van der Waals surface area contributed by atoms with Crippen LogP contribution in [0.5, 0.6) is 0 Å². The first-order valence-corrected chi connectivity index (χ1v) is 8.77. The molecule has 1 aliphatic heterocycles. The van der Waals surface area contributed by atoms with E-state index in [2.05, 4.69) is 10.1 Å². The lowest BCUT2D eigenvalue weighted by molar-refractivity contribution is -0.147. The Balaban J connectivity index is 1.84. The van der Waals surface area contributed by atoms with E-state index in [1.165, 1.54) is 11.3 Å². The molecule has 7 nitrogen and oxygen atoms in total. The van der Waals surface area contributed by atoms with E-state index in [4.69, 9.17) is 4.74 Å². The first kappa shape index (κ1) is 16.6. The summed E-state index contributed by atoms with van der Waals surface area (Å²) < 4.78 is 6.79. The maximum atomic E-state index is 12.9. The molecule has 24 heavy (non-hydrogen) atoms. The molecule has 0 radical (unpaired) electrons. The number of hydrogen-bond donors (Lipinski definition) is 0. The zero-order valence-electron chi connectivity index (χ0n) is 14.0. The maximum Gasteiger partial charge on any atom is 0.328 e. The maximum absolute atomic E-state index is 12.9. The fourth-order valence-corrected chi connectivity index (χ4v) is 3.87. The third-order valence-corrected chi connectivity index (χ3v) is 5.21. The fourth-order valence-electron chi connectivity index (χ4n) is 2.87. The summed E-state index contributed by atoms with van der Waals surface area (Å²) >= 11 is 1.34. The van der Waals surface area contributed by atoms with E-state index in [1.54, 1.807) is 22.7 Å². The predicted octanol–water partition coefficient (Wildman–Crippen LogP) is 2.02. The molecular formula is C16H20N4O3S. The van der Waals surface area contributed by atoms with Crippen LogP contribution in [-0.4, -0.2) is 50.7 Å². The van der Waals surface area contributed by atoms with Crippen LogP contribution in [0, 0.1) is 6.92 Å². The van der Waals surface area contributed by atoms with Crippen molar-refractivity contribution in [2.75, 3.05) is 13.2 Å². The van der Waals surface area contributed by atoms with Gasteiger partial charge in [-0.2, -0.15) is 5.10 Å². The second-order valence-electron chi connectivity index (χ2n) is 5.74. The van der Waals surface area contributed by atoms with E-state index in [1.807, 2.05) is 20.2 Å². The molecule has 8 heteroatoms. The number of esters is 1. The van der Waals surface area contributed by atoms with Gasteiger partial charge in [-0.1, -0.05) is 0 Å². The molecule has 1 aliphatic rings. The van der Waals surface area contributed by atoms with Gasteiger partial charge in [-0.25, -0.2) is 9.78 Å². The summed E-state index contributed by atoms with van der Waals surface area (Å²) in [5.41, 5.74) is 1.56. The lowest BCUT2D eigenvalue weighted by Gasteiger charge is -2.22. The van der Waals surface area contributed by atoms with Gasteiger partial charge in [-0.15, -0.1) is 11.3 Å². The van der Waals surface area contributed by atoms with Crippen LogP contribution in [0.25, 0.3) is 10.6 Å². The molecule has 0 N–H and O–H groups in total. The summed E-state index contributed by atoms with van der Waals surface area (Å²) in [5, 5.41) is 4.90. The van der Waals surface area contributed by atoms with Gasteiger partial charge in [0, 0.05) is 25.4 Å². The van der Waals surface area contributed by atoms with Crippen molar-refractivity contribution >= 4 is 23.2 Å². The molecule has 0 unspecified atom stereocenters. The zero-order chi connectivity index (χ0) is 17.3. The van der Waals surface area contributed by atoms with Crippen molar-refractivity contribution in [2.24, 2.45) is 7.05 Å². The summed E-state index contributed by atoms with van der Waals surface area (Å²) in [4.78, 5) is 31.7. The second-order valence-corrected chi connectivity index (χ2v) is 6.74. The molecule has 0 saturated carbocycles. The standard InChI is InChI=1S/C16H20N4O3S/c1-4-23-16(22)12-6-5-7-20(12)15(21)13-10(2)18-14(24-13)11-8-17-19(3)9-11/h8-9,12H,4-7H2,1-3H3/t12-/m0/s1. The number of carbonyl (C=O) groups excluding carboxylic acids is 2. The number of amides is 1. The van der Waals surface area contributed by atoms with E-state index in [9.17, 15) is 9.59 Å². The van der Waals surface area contributed by atoms with E-state index >= 15 is 0 Å². The highest BCUT2D eigenvalue weighted by molar-refractivity contribution is 7.17. The van der Waals surface area contributed by atoms with Gasteiger partial charge >= 0.3 is 5.97 Å². The molecule has 1 saturated heterocycles. The topological polar surface area (TPSA) is 77.3 Å². The fraction of sp³-hybridized carbons (Fsp3) is 0.500. The van der Waals surface area contributed by atoms with Crippen molar-refractivity contribution in [3.05, 3.63) is 23.0 Å². The quantitative estimate of drug-likeness (QED) is 0.790. The van der Waals surface area contributed by atoms with E-state index < -0.39 is 6.04 Å². The number of rotatable bonds is 4. The SMILES string of the molecule is CCOC(=O)[C@@H]1CCCN1C(=O)c1sc(-c2cnn(C)c2)nc1C. The largest absolute Gasteiger partial charge is 0.464 e. The van der Waals surface area contributed by atoms with E-state index in [0.717, 1.165) is 17.0 Å². The molecule has 0 aliphatic carbocycles. The van der Waals surface area contributed by atoms with Gasteiger partial charge < -0.3 is 9.64 Å². The molecule has 2 aromatic rings. The van der Waals surface area contributed by atoms with Gasteiger partial charge in [0.05, 0.1) is 18.5 Å². The molecule has 3 rings (SSSR count). The van der Waals surface area contributed by atoms with Gasteiger partial charge in [0.1, 0.15) is 15.9 Å². The van der Waals surface area contributed by atoms with Crippen LogP contribution in [0.4, 0.5) is 0 Å². The lowest BCUT2D eigenvalue weighted by Crippen LogP contribution is -2.41. The minimum atomic E-state index is -0.485. The van der Waals surface area contributed by atoms with Crippen LogP contribution < -0.4 is 0 Å². The average molecular weight is 348 g/mol. The third-order valence-electron chi connectivity index (χ3n) is 4.01. The highest BCUT2D eigenvalue weighted by Crippen LogP contribution is 2.30. The summed E-state index contributed by atoms with van der Waals surface area (Å²) in [6.45, 7) is 4.48. The molecule has 2 aromatic heterocycles. The molecule has 128 valence electrons. The number of aryl methyl sites for hydroxylation is 2. The average Bonchev–Trinajstić information content (AvgIpc) is 3.25. The summed E-state index contributed by atoms with van der Waals surface area (Å²) in [5.74, 6) is -0.464. The number of nitrogens with zero attached hydrogens (tertiary/aromatic N) is 4. The number of likely N-dealkylation sites (tertiary alicyclic amines) is 1. The van der Waals surface area contributed by atoms with Crippen LogP contribution >= 0.6 is 11.3 Å². The molecule has 1 fully saturated rings. The van der Waals surface area contributed by atoms with Gasteiger partial charge in [0.2, 0.25) is 0 Å². The minimum Gasteiger partial charge on any atom is -0.464 e. The number of hydrogen-bond acceptors (Lipinski definition) is 6. The Hall–Kier alpha value is -2.22. The first-order valence-electron chi connectivity index (χ1n) is 7.95. The van der Waals surface area contributed by atoms with Gasteiger partial charge in [-0.05, 0) is 26.7 Å². The predicted molar refractivity (Wildman–Crippen MR) is 89.7 cm³/mol. The first-order chi connectivity index (χ1) is 11.5. The molecular weight excluding hydrogens is 328 g/mol. The third kappa shape index (κ3) is 3.06. The Bertz CT molecular complexity index is 767. The smallest absolute Gasteiger partial charge is 0.328 e. The Kier molecular flexibility index (Phi) is 4.66. The lowest BCUT2D eigenvalue weighted by atomic mass is 10.2. The normalized spacial score (nSPS) is 17.3. The zero-order valence-corrected chi connectivity index (χ0v) is 14.8. The molecule has 0 aromatic carbocycles. The summed E-state index contributed by atoms with van der Waals surface area (Å²) in [6.07, 6.45) is 5.05. The molecule has 1 amide bonds. The van der Waals surface area contributed by atoms with Crippen molar-refractivity contribution in [1.82, 2.24) is 19.7 Å². The van der Waals surface area contributed by atoms with Crippen molar-refractivity contribution in [3.63, 3.8) is 0 Å². The Morgan fingerprint density at radius 3 is 2.92 bits per heavy atom. The monoisotopic (exact) mass is 348 g/mol. The molecule has 0 bridgehead atoms. The number of aromatic nitrogens is 3. The number of carbonyl (C=O) groups is 2. The van der Waals surface area contributed by atoms with Gasteiger partial charge in [0.15, 0.2) is 0 Å². The molecule has 0 spiro atoms. The highest BCUT2D eigenvalue weighted by Gasteiger charge is 2.36. The van der Waals surface area contributed by atoms with Crippen molar-refractivity contribution in [3.8, 4) is 10.6 Å². The van der Waals surface area contributed by atoms with Crippen molar-refractivity contribution in [1.29, 1.82) is 0 Å². The van der Waals surface area contributed by atoms with Crippen LogP contribution in [-0.2, 0) is 16.6 Å². The summed E-state index contributed by atoms with van der Waals surface area (Å²) in [7, 11) is 1.84. The second kappa shape index (κ2) is 6.72. The summed E-state index contributed by atoms with van der Waals surface area (Å²) in [6, 6.07) is -0.485. The molecule has 3 heterocycles. The number of thiazole rings is 1. The Morgan fingerprint density at radius 2 is 2.25 bits per heavy atom. The van der Waals surface area contributed by atoms with Gasteiger partial charge in [0.25, 0.3) is 5.91 Å². The van der Waals surface area contributed by atoms with E-state index in [0.29, 0.717) is 30.1 Å². The van der Waals surface area contributed by atoms with Crippen LogP contribution in [0.3, 0.4) is 0 Å². The highest BCUT2D eigenvalue weighted by atomic mass is 32.1. The number of ether oxygens (including phenoxy) is 1.